The van der Waals surface area contributed by atoms with Gasteiger partial charge in [0.15, 0.2) is 0 Å². The third-order valence-electron chi connectivity index (χ3n) is 8.64. The Labute approximate surface area is 255 Å². The van der Waals surface area contributed by atoms with Gasteiger partial charge in [0.05, 0.1) is 23.6 Å². The van der Waals surface area contributed by atoms with Crippen molar-refractivity contribution in [1.82, 2.24) is 24.5 Å². The fraction of sp³-hybridized carbons (Fsp3) is 0.438. The van der Waals surface area contributed by atoms with Crippen LogP contribution in [0.4, 0.5) is 5.69 Å². The number of fused-ring (bicyclic) bond motifs is 1. The maximum Gasteiger partial charge on any atom is 0.295 e. The Bertz CT molecular complexity index is 1660. The van der Waals surface area contributed by atoms with Gasteiger partial charge in [-0.25, -0.2) is 4.68 Å². The fourth-order valence-electron chi connectivity index (χ4n) is 6.36. The third kappa shape index (κ3) is 5.86. The van der Waals surface area contributed by atoms with Crippen molar-refractivity contribution in [3.63, 3.8) is 0 Å². The van der Waals surface area contributed by atoms with E-state index in [1.165, 1.54) is 0 Å². The van der Waals surface area contributed by atoms with E-state index in [0.29, 0.717) is 59.8 Å². The van der Waals surface area contributed by atoms with Crippen LogP contribution < -0.4 is 15.6 Å². The average molecular weight is 605 g/mol. The number of likely N-dealkylation sites (N-methyl/N-ethyl adjacent to an activating group) is 1. The second-order valence-electron chi connectivity index (χ2n) is 11.6. The van der Waals surface area contributed by atoms with Crippen LogP contribution in [0.2, 0.25) is 5.02 Å². The van der Waals surface area contributed by atoms with Gasteiger partial charge in [0, 0.05) is 35.9 Å². The van der Waals surface area contributed by atoms with Crippen LogP contribution in [0.15, 0.2) is 57.7 Å². The monoisotopic (exact) mass is 604 g/mol. The molecule has 0 radical (unpaired) electrons. The summed E-state index contributed by atoms with van der Waals surface area (Å²) in [5, 5.41) is 12.3. The van der Waals surface area contributed by atoms with Gasteiger partial charge >= 0.3 is 0 Å². The number of carbonyl (C=O) groups excluding carboxylic acids is 1. The SMILES string of the molecule is CCOc1ccc(Cl)cc1-c1nnc(C2CCC[C@@H](C(=O)Nc3c4n(n(-c5ccccc5)c3=O)CC[C@@H](N(C)C)C4)C2)o1. The number of benzene rings is 2. The number of halogens is 1. The second-order valence-corrected chi connectivity index (χ2v) is 12.0. The molecule has 1 saturated carbocycles. The van der Waals surface area contributed by atoms with Crippen LogP contribution in [0.5, 0.6) is 5.75 Å². The summed E-state index contributed by atoms with van der Waals surface area (Å²) < 4.78 is 15.6. The molecule has 3 heterocycles. The summed E-state index contributed by atoms with van der Waals surface area (Å²) in [6.45, 7) is 3.10. The molecule has 1 amide bonds. The number of nitrogens with one attached hydrogen (secondary N) is 1. The molecule has 11 heteroatoms. The number of nitrogens with zero attached hydrogens (tertiary/aromatic N) is 5. The molecule has 1 aliphatic heterocycles. The van der Waals surface area contributed by atoms with E-state index in [9.17, 15) is 9.59 Å². The fourth-order valence-corrected chi connectivity index (χ4v) is 6.53. The van der Waals surface area contributed by atoms with Crippen molar-refractivity contribution in [3.8, 4) is 22.9 Å². The lowest BCUT2D eigenvalue weighted by molar-refractivity contribution is -0.121. The highest BCUT2D eigenvalue weighted by Crippen LogP contribution is 2.39. The van der Waals surface area contributed by atoms with Crippen LogP contribution >= 0.6 is 11.6 Å². The number of carbonyl (C=O) groups is 1. The Morgan fingerprint density at radius 2 is 1.95 bits per heavy atom. The summed E-state index contributed by atoms with van der Waals surface area (Å²) >= 11 is 6.24. The predicted molar refractivity (Wildman–Crippen MR) is 165 cm³/mol. The highest BCUT2D eigenvalue weighted by Gasteiger charge is 2.34. The topological polar surface area (TPSA) is 107 Å². The number of ether oxygens (including phenoxy) is 1. The zero-order valence-electron chi connectivity index (χ0n) is 24.8. The molecule has 0 saturated heterocycles. The lowest BCUT2D eigenvalue weighted by Gasteiger charge is -2.31. The molecule has 1 aliphatic carbocycles. The smallest absolute Gasteiger partial charge is 0.295 e. The molecule has 1 fully saturated rings. The van der Waals surface area contributed by atoms with Crippen LogP contribution in [0, 0.1) is 5.92 Å². The zero-order chi connectivity index (χ0) is 30.1. The first-order valence-electron chi connectivity index (χ1n) is 15.0. The Hall–Kier alpha value is -3.89. The Kier molecular flexibility index (Phi) is 8.41. The van der Waals surface area contributed by atoms with E-state index in [2.05, 4.69) is 34.5 Å². The van der Waals surface area contributed by atoms with E-state index in [1.54, 1.807) is 22.9 Å². The van der Waals surface area contributed by atoms with Crippen molar-refractivity contribution in [3.05, 3.63) is 75.5 Å². The molecule has 1 N–H and O–H groups in total. The number of anilines is 1. The quantitative estimate of drug-likeness (QED) is 0.282. The number of para-hydroxylation sites is 1. The first-order chi connectivity index (χ1) is 20.8. The van der Waals surface area contributed by atoms with Gasteiger partial charge in [-0.1, -0.05) is 36.2 Å². The summed E-state index contributed by atoms with van der Waals surface area (Å²) in [7, 11) is 4.11. The van der Waals surface area contributed by atoms with Gasteiger partial charge in [-0.2, -0.15) is 0 Å². The van der Waals surface area contributed by atoms with Gasteiger partial charge in [0.2, 0.25) is 11.8 Å². The van der Waals surface area contributed by atoms with Crippen LogP contribution in [0.25, 0.3) is 17.1 Å². The third-order valence-corrected chi connectivity index (χ3v) is 8.87. The van der Waals surface area contributed by atoms with E-state index in [0.717, 1.165) is 37.1 Å². The van der Waals surface area contributed by atoms with Crippen molar-refractivity contribution in [2.24, 2.45) is 5.92 Å². The number of amides is 1. The first-order valence-corrected chi connectivity index (χ1v) is 15.3. The standard InChI is InChI=1S/C32H37ClN6O4/c1-4-42-27-14-13-22(33)18-25(27)31-36-35-30(43-31)21-10-8-9-20(17-21)29(40)34-28-26-19-24(37(2)3)15-16-38(26)39(32(28)41)23-11-6-5-7-12-23/h5-7,11-14,18,20-21,24H,4,8-10,15-17,19H2,1-3H3,(H,34,40)/t20-,21?,24-/m1/s1. The van der Waals surface area contributed by atoms with Crippen molar-refractivity contribution >= 4 is 23.2 Å². The summed E-state index contributed by atoms with van der Waals surface area (Å²) in [5.41, 5.74) is 2.48. The Balaban J connectivity index is 1.24. The van der Waals surface area contributed by atoms with Crippen LogP contribution in [0.1, 0.15) is 56.5 Å². The van der Waals surface area contributed by atoms with E-state index in [4.69, 9.17) is 20.8 Å². The van der Waals surface area contributed by atoms with Gasteiger partial charge in [-0.3, -0.25) is 14.3 Å². The minimum absolute atomic E-state index is 0.0671. The summed E-state index contributed by atoms with van der Waals surface area (Å²) in [6.07, 6.45) is 4.58. The number of aromatic nitrogens is 4. The van der Waals surface area contributed by atoms with Gasteiger partial charge in [0.1, 0.15) is 11.4 Å². The molecular weight excluding hydrogens is 568 g/mol. The number of hydrogen-bond donors (Lipinski definition) is 1. The largest absolute Gasteiger partial charge is 0.493 e. The van der Waals surface area contributed by atoms with E-state index < -0.39 is 0 Å². The zero-order valence-corrected chi connectivity index (χ0v) is 25.5. The molecule has 43 heavy (non-hydrogen) atoms. The highest BCUT2D eigenvalue weighted by atomic mass is 35.5. The average Bonchev–Trinajstić information content (AvgIpc) is 3.61. The number of hydrogen-bond acceptors (Lipinski definition) is 7. The highest BCUT2D eigenvalue weighted by molar-refractivity contribution is 6.30. The van der Waals surface area contributed by atoms with Crippen LogP contribution in [0.3, 0.4) is 0 Å². The molecule has 3 atom stereocenters. The molecule has 10 nitrogen and oxygen atoms in total. The lowest BCUT2D eigenvalue weighted by Crippen LogP contribution is -2.37. The molecule has 1 unspecified atom stereocenters. The van der Waals surface area contributed by atoms with Crippen molar-refractivity contribution in [1.29, 1.82) is 0 Å². The van der Waals surface area contributed by atoms with Gasteiger partial charge in [-0.05, 0) is 77.0 Å². The Morgan fingerprint density at radius 3 is 2.72 bits per heavy atom. The minimum atomic E-state index is -0.285. The normalized spacial score (nSPS) is 20.2. The van der Waals surface area contributed by atoms with Crippen molar-refractivity contribution in [2.75, 3.05) is 26.0 Å². The molecule has 6 rings (SSSR count). The van der Waals surface area contributed by atoms with Gasteiger partial charge in [0.25, 0.3) is 11.4 Å². The summed E-state index contributed by atoms with van der Waals surface area (Å²) in [4.78, 5) is 29.8. The molecule has 0 spiro atoms. The van der Waals surface area contributed by atoms with Crippen LogP contribution in [-0.2, 0) is 17.8 Å². The Morgan fingerprint density at radius 1 is 1.14 bits per heavy atom. The first kappa shape index (κ1) is 29.2. The maximum absolute atomic E-state index is 13.8. The predicted octanol–water partition coefficient (Wildman–Crippen LogP) is 5.53. The molecular formula is C32H37ClN6O4. The minimum Gasteiger partial charge on any atom is -0.493 e. The van der Waals surface area contributed by atoms with Crippen molar-refractivity contribution in [2.45, 2.75) is 64.0 Å². The summed E-state index contributed by atoms with van der Waals surface area (Å²) in [5.74, 6) is 0.962. The molecule has 4 aromatic rings. The van der Waals surface area contributed by atoms with Crippen LogP contribution in [-0.4, -0.2) is 57.1 Å². The number of rotatable bonds is 8. The van der Waals surface area contributed by atoms with E-state index in [-0.39, 0.29) is 29.3 Å². The molecule has 2 aliphatic rings. The van der Waals surface area contributed by atoms with Crippen molar-refractivity contribution < 1.29 is 13.9 Å². The molecule has 2 aromatic carbocycles. The lowest BCUT2D eigenvalue weighted by atomic mass is 9.81. The van der Waals surface area contributed by atoms with E-state index in [1.807, 2.05) is 41.9 Å². The van der Waals surface area contributed by atoms with Gasteiger partial charge < -0.3 is 19.4 Å². The molecule has 2 aromatic heterocycles. The molecule has 226 valence electrons. The van der Waals surface area contributed by atoms with E-state index >= 15 is 0 Å². The maximum atomic E-state index is 13.8. The second kappa shape index (κ2) is 12.4. The van der Waals surface area contributed by atoms with Gasteiger partial charge in [-0.15, -0.1) is 10.2 Å². The summed E-state index contributed by atoms with van der Waals surface area (Å²) in [6, 6.07) is 15.2. The molecule has 0 bridgehead atoms.